The molecule has 1 rings (SSSR count). The van der Waals surface area contributed by atoms with Crippen molar-refractivity contribution < 1.29 is 49.0 Å². The van der Waals surface area contributed by atoms with Gasteiger partial charge < -0.3 is 39.4 Å². The van der Waals surface area contributed by atoms with Gasteiger partial charge in [-0.1, -0.05) is 140 Å². The van der Waals surface area contributed by atoms with Crippen LogP contribution in [0, 0.1) is 0 Å². The molecule has 0 amide bonds. The van der Waals surface area contributed by atoms with E-state index in [9.17, 15) is 30.0 Å². The van der Waals surface area contributed by atoms with Crippen LogP contribution in [0.4, 0.5) is 0 Å². The van der Waals surface area contributed by atoms with E-state index in [0.717, 1.165) is 70.6 Å². The van der Waals surface area contributed by atoms with E-state index < -0.39 is 55.4 Å². The molecule has 0 saturated carbocycles. The minimum absolute atomic E-state index is 0.217. The molecule has 2 unspecified atom stereocenters. The first-order valence-electron chi connectivity index (χ1n) is 22.1. The summed E-state index contributed by atoms with van der Waals surface area (Å²) >= 11 is 0. The van der Waals surface area contributed by atoms with E-state index in [1.54, 1.807) is 0 Å². The number of rotatable bonds is 36. The van der Waals surface area contributed by atoms with E-state index in [1.165, 1.54) is 70.6 Å². The van der Waals surface area contributed by atoms with Crippen LogP contribution in [0.15, 0.2) is 36.5 Å². The van der Waals surface area contributed by atoms with Crippen molar-refractivity contribution >= 4 is 11.9 Å². The van der Waals surface area contributed by atoms with Crippen LogP contribution in [0.5, 0.6) is 0 Å². The molecule has 1 heterocycles. The van der Waals surface area contributed by atoms with E-state index in [0.29, 0.717) is 12.8 Å². The average molecular weight is 781 g/mol. The summed E-state index contributed by atoms with van der Waals surface area (Å²) in [5, 5.41) is 40.0. The number of hydrogen-bond acceptors (Lipinski definition) is 10. The lowest BCUT2D eigenvalue weighted by Crippen LogP contribution is -2.59. The summed E-state index contributed by atoms with van der Waals surface area (Å²) in [5.74, 6) is -0.833. The van der Waals surface area contributed by atoms with Crippen molar-refractivity contribution in [3.8, 4) is 0 Å². The van der Waals surface area contributed by atoms with Gasteiger partial charge in [0.25, 0.3) is 0 Å². The van der Waals surface area contributed by atoms with Gasteiger partial charge in [0.05, 0.1) is 13.2 Å². The van der Waals surface area contributed by atoms with E-state index >= 15 is 0 Å². The highest BCUT2D eigenvalue weighted by Crippen LogP contribution is 2.22. The number of aliphatic hydroxyl groups excluding tert-OH is 4. The Balaban J connectivity index is 2.36. The number of allylic oxidation sites excluding steroid dienone is 6. The van der Waals surface area contributed by atoms with Crippen LogP contribution in [0.3, 0.4) is 0 Å². The standard InChI is InChI=1S/C45H80O10/c1-3-5-7-9-11-13-15-17-19-21-23-25-27-29-31-33-40(47)52-36-38(37-53-45-44(51)43(50)42(49)39(35-46)55-45)54-41(48)34-32-30-28-26-24-22-20-18-16-14-12-10-8-6-4-2/h13,15,17-20,38-39,42-46,49-51H,3-12,14,16,21-37H2,1-2H3/b15-13+,19-17+,20-18+/t38-,39-,42+,43?,44?,45-/m0/s1. The largest absolute Gasteiger partial charge is 0.462 e. The number of carbonyl (C=O) groups excluding carboxylic acids is 2. The number of esters is 2. The van der Waals surface area contributed by atoms with Crippen LogP contribution in [0.2, 0.25) is 0 Å². The van der Waals surface area contributed by atoms with Crippen molar-refractivity contribution in [2.75, 3.05) is 19.8 Å². The fourth-order valence-electron chi connectivity index (χ4n) is 6.47. The van der Waals surface area contributed by atoms with Crippen molar-refractivity contribution in [2.24, 2.45) is 0 Å². The summed E-state index contributed by atoms with van der Waals surface area (Å²) in [6, 6.07) is 0. The van der Waals surface area contributed by atoms with Crippen LogP contribution < -0.4 is 0 Å². The molecule has 4 N–H and O–H groups in total. The third-order valence-corrected chi connectivity index (χ3v) is 10.0. The lowest BCUT2D eigenvalue weighted by Gasteiger charge is -2.39. The molecule has 0 aromatic rings. The van der Waals surface area contributed by atoms with Crippen LogP contribution in [-0.2, 0) is 28.5 Å². The second-order valence-electron chi connectivity index (χ2n) is 15.2. The van der Waals surface area contributed by atoms with E-state index in [1.807, 2.05) is 0 Å². The highest BCUT2D eigenvalue weighted by Gasteiger charge is 2.44. The monoisotopic (exact) mass is 781 g/mol. The lowest BCUT2D eigenvalue weighted by molar-refractivity contribution is -0.305. The SMILES string of the molecule is CCCCCC/C=C/C=C/CCCCCCCC(=O)OC[C@@H](CO[C@H]1O[C@@H](CO)[C@@H](O)C(O)C1O)OC(=O)CCCCCCC/C=C/CCCCCCCC. The molecular weight excluding hydrogens is 700 g/mol. The summed E-state index contributed by atoms with van der Waals surface area (Å²) in [6.07, 6.45) is 32.9. The van der Waals surface area contributed by atoms with Crippen molar-refractivity contribution in [1.82, 2.24) is 0 Å². The molecule has 0 aromatic heterocycles. The predicted molar refractivity (Wildman–Crippen MR) is 219 cm³/mol. The minimum atomic E-state index is -1.60. The zero-order chi connectivity index (χ0) is 40.2. The van der Waals surface area contributed by atoms with Gasteiger partial charge in [0.2, 0.25) is 0 Å². The normalized spacial score (nSPS) is 20.9. The summed E-state index contributed by atoms with van der Waals surface area (Å²) < 4.78 is 22.1. The molecule has 1 fully saturated rings. The Kier molecular flexibility index (Phi) is 33.6. The third kappa shape index (κ3) is 28.0. The maximum atomic E-state index is 12.7. The Morgan fingerprint density at radius 1 is 0.564 bits per heavy atom. The van der Waals surface area contributed by atoms with Crippen molar-refractivity contribution in [3.05, 3.63) is 36.5 Å². The summed E-state index contributed by atoms with van der Waals surface area (Å²) in [4.78, 5) is 25.3. The molecule has 320 valence electrons. The zero-order valence-corrected chi connectivity index (χ0v) is 34.7. The second kappa shape index (κ2) is 36.3. The van der Waals surface area contributed by atoms with Crippen LogP contribution in [0.1, 0.15) is 181 Å². The summed E-state index contributed by atoms with van der Waals surface area (Å²) in [6.45, 7) is 3.37. The minimum Gasteiger partial charge on any atom is -0.462 e. The first-order chi connectivity index (χ1) is 26.8. The summed E-state index contributed by atoms with van der Waals surface area (Å²) in [7, 11) is 0. The Hall–Kier alpha value is -2.08. The highest BCUT2D eigenvalue weighted by molar-refractivity contribution is 5.70. The first-order valence-corrected chi connectivity index (χ1v) is 22.1. The molecular formula is C45H80O10. The topological polar surface area (TPSA) is 152 Å². The number of aliphatic hydroxyl groups is 4. The van der Waals surface area contributed by atoms with Gasteiger partial charge in [-0.15, -0.1) is 0 Å². The van der Waals surface area contributed by atoms with Gasteiger partial charge in [-0.3, -0.25) is 9.59 Å². The maximum absolute atomic E-state index is 12.7. The smallest absolute Gasteiger partial charge is 0.306 e. The van der Waals surface area contributed by atoms with E-state index in [2.05, 4.69) is 50.3 Å². The van der Waals surface area contributed by atoms with E-state index in [4.69, 9.17) is 18.9 Å². The Morgan fingerprint density at radius 2 is 1.02 bits per heavy atom. The second-order valence-corrected chi connectivity index (χ2v) is 15.2. The molecule has 1 aliphatic rings. The van der Waals surface area contributed by atoms with Crippen molar-refractivity contribution in [3.63, 3.8) is 0 Å². The van der Waals surface area contributed by atoms with Gasteiger partial charge in [0.15, 0.2) is 12.4 Å². The van der Waals surface area contributed by atoms with Crippen molar-refractivity contribution in [2.45, 2.75) is 218 Å². The van der Waals surface area contributed by atoms with Crippen LogP contribution >= 0.6 is 0 Å². The molecule has 6 atom stereocenters. The Bertz CT molecular complexity index is 996. The lowest BCUT2D eigenvalue weighted by atomic mass is 9.99. The molecule has 0 bridgehead atoms. The fourth-order valence-corrected chi connectivity index (χ4v) is 6.47. The quantitative estimate of drug-likeness (QED) is 0.0210. The fraction of sp³-hybridized carbons (Fsp3) is 0.822. The average Bonchev–Trinajstić information content (AvgIpc) is 3.18. The molecule has 55 heavy (non-hydrogen) atoms. The number of hydrogen-bond donors (Lipinski definition) is 4. The molecule has 0 spiro atoms. The third-order valence-electron chi connectivity index (χ3n) is 10.0. The molecule has 0 radical (unpaired) electrons. The molecule has 1 saturated heterocycles. The highest BCUT2D eigenvalue weighted by atomic mass is 16.7. The molecule has 0 aromatic carbocycles. The summed E-state index contributed by atoms with van der Waals surface area (Å²) in [5.41, 5.74) is 0. The Labute approximate surface area is 334 Å². The maximum Gasteiger partial charge on any atom is 0.306 e. The zero-order valence-electron chi connectivity index (χ0n) is 34.7. The molecule has 0 aliphatic carbocycles. The first kappa shape index (κ1) is 50.9. The van der Waals surface area contributed by atoms with Gasteiger partial charge in [-0.2, -0.15) is 0 Å². The van der Waals surface area contributed by atoms with Gasteiger partial charge >= 0.3 is 11.9 Å². The molecule has 10 heteroatoms. The van der Waals surface area contributed by atoms with Crippen molar-refractivity contribution in [1.29, 1.82) is 0 Å². The Morgan fingerprint density at radius 3 is 1.55 bits per heavy atom. The molecule has 10 nitrogen and oxygen atoms in total. The molecule has 1 aliphatic heterocycles. The van der Waals surface area contributed by atoms with Gasteiger partial charge in [0.1, 0.15) is 31.0 Å². The van der Waals surface area contributed by atoms with Gasteiger partial charge in [-0.25, -0.2) is 0 Å². The predicted octanol–water partition coefficient (Wildman–Crippen LogP) is 9.11. The number of ether oxygens (including phenoxy) is 4. The van der Waals surface area contributed by atoms with Crippen LogP contribution in [0.25, 0.3) is 0 Å². The number of unbranched alkanes of at least 4 members (excludes halogenated alkanes) is 20. The number of carbonyl (C=O) groups is 2. The van der Waals surface area contributed by atoms with Crippen LogP contribution in [-0.4, -0.2) is 89.0 Å². The van der Waals surface area contributed by atoms with Gasteiger partial charge in [-0.05, 0) is 64.2 Å². The van der Waals surface area contributed by atoms with Gasteiger partial charge in [0, 0.05) is 12.8 Å². The van der Waals surface area contributed by atoms with E-state index in [-0.39, 0.29) is 26.1 Å².